The molecule has 1 N–H and O–H groups in total. The fraction of sp³-hybridized carbons (Fsp3) is 0.231. The Kier molecular flexibility index (Phi) is 3.32. The maximum Gasteiger partial charge on any atom is 0.371 e. The van der Waals surface area contributed by atoms with Gasteiger partial charge in [0, 0.05) is 12.1 Å². The molecule has 18 heavy (non-hydrogen) atoms. The quantitative estimate of drug-likeness (QED) is 0.898. The van der Waals surface area contributed by atoms with Crippen LogP contribution < -0.4 is 10.2 Å². The first-order valence-corrected chi connectivity index (χ1v) is 5.56. The lowest BCUT2D eigenvalue weighted by Crippen LogP contribution is -2.06. The van der Waals surface area contributed by atoms with Crippen molar-refractivity contribution in [3.05, 3.63) is 40.2 Å². The van der Waals surface area contributed by atoms with Crippen LogP contribution in [0.2, 0.25) is 0 Å². The molecule has 0 aliphatic carbocycles. The third-order valence-corrected chi connectivity index (χ3v) is 2.38. The lowest BCUT2D eigenvalue weighted by Gasteiger charge is -2.05. The van der Waals surface area contributed by atoms with E-state index in [1.165, 1.54) is 6.07 Å². The summed E-state index contributed by atoms with van der Waals surface area (Å²) in [5.74, 6) is -1.09. The Morgan fingerprint density at radius 3 is 2.83 bits per heavy atom. The van der Waals surface area contributed by atoms with Crippen LogP contribution in [0.25, 0.3) is 11.0 Å². The van der Waals surface area contributed by atoms with Gasteiger partial charge in [-0.05, 0) is 18.6 Å². The second-order valence-electron chi connectivity index (χ2n) is 3.79. The van der Waals surface area contributed by atoms with Gasteiger partial charge in [-0.15, -0.1) is 0 Å². The van der Waals surface area contributed by atoms with E-state index in [2.05, 4.69) is 0 Å². The molecule has 2 rings (SSSR count). The number of hydrogen-bond acceptors (Lipinski definition) is 4. The Labute approximate surface area is 103 Å². The summed E-state index contributed by atoms with van der Waals surface area (Å²) in [5, 5.41) is 9.15. The largest absolute Gasteiger partial charge is 0.493 e. The molecule has 0 unspecified atom stereocenters. The van der Waals surface area contributed by atoms with E-state index in [1.54, 1.807) is 12.1 Å². The van der Waals surface area contributed by atoms with Crippen LogP contribution in [0.1, 0.15) is 23.9 Å². The average molecular weight is 248 g/mol. The molecule has 0 spiro atoms. The number of benzene rings is 1. The van der Waals surface area contributed by atoms with Crippen molar-refractivity contribution in [1.82, 2.24) is 0 Å². The molecule has 0 atom stereocenters. The third kappa shape index (κ3) is 2.34. The highest BCUT2D eigenvalue weighted by atomic mass is 16.5. The zero-order valence-corrected chi connectivity index (χ0v) is 9.80. The minimum atomic E-state index is -1.27. The fourth-order valence-corrected chi connectivity index (χ4v) is 1.55. The number of aromatic carboxylic acids is 1. The number of fused-ring (bicyclic) bond motifs is 1. The van der Waals surface area contributed by atoms with Crippen LogP contribution in [-0.2, 0) is 0 Å². The Bertz CT molecular complexity index is 641. The average Bonchev–Trinajstić information content (AvgIpc) is 2.35. The Hall–Kier alpha value is -2.30. The van der Waals surface area contributed by atoms with Crippen molar-refractivity contribution in [2.75, 3.05) is 6.61 Å². The van der Waals surface area contributed by atoms with E-state index < -0.39 is 5.97 Å². The van der Waals surface area contributed by atoms with E-state index in [1.807, 2.05) is 6.92 Å². The molecule has 0 saturated carbocycles. The van der Waals surface area contributed by atoms with E-state index >= 15 is 0 Å². The standard InChI is InChI=1S/C13H12O5/c1-2-5-17-8-3-4-9-10(14)7-12(13(15)16)18-11(9)6-8/h3-4,6-7H,2,5H2,1H3,(H,15,16). The Balaban J connectivity index is 2.53. The molecule has 2 aromatic rings. The molecule has 0 aliphatic rings. The number of carboxylic acids is 1. The maximum atomic E-state index is 11.7. The maximum absolute atomic E-state index is 11.7. The van der Waals surface area contributed by atoms with Crippen molar-refractivity contribution in [1.29, 1.82) is 0 Å². The first-order valence-electron chi connectivity index (χ1n) is 5.56. The number of rotatable bonds is 4. The normalized spacial score (nSPS) is 10.5. The lowest BCUT2D eigenvalue weighted by atomic mass is 10.2. The van der Waals surface area contributed by atoms with Crippen molar-refractivity contribution in [3.63, 3.8) is 0 Å². The van der Waals surface area contributed by atoms with Gasteiger partial charge in [-0.3, -0.25) is 4.79 Å². The molecule has 94 valence electrons. The van der Waals surface area contributed by atoms with Gasteiger partial charge in [-0.2, -0.15) is 0 Å². The van der Waals surface area contributed by atoms with Gasteiger partial charge in [0.2, 0.25) is 5.76 Å². The van der Waals surface area contributed by atoms with Gasteiger partial charge in [-0.1, -0.05) is 6.92 Å². The minimum Gasteiger partial charge on any atom is -0.493 e. The predicted octanol–water partition coefficient (Wildman–Crippen LogP) is 2.28. The molecule has 5 nitrogen and oxygen atoms in total. The Morgan fingerprint density at radius 2 is 2.17 bits per heavy atom. The highest BCUT2D eigenvalue weighted by molar-refractivity contribution is 5.87. The summed E-state index contributed by atoms with van der Waals surface area (Å²) in [5.41, 5.74) is -0.163. The molecule has 0 aliphatic heterocycles. The zero-order chi connectivity index (χ0) is 13.1. The van der Waals surface area contributed by atoms with Crippen LogP contribution >= 0.6 is 0 Å². The van der Waals surface area contributed by atoms with Crippen molar-refractivity contribution in [2.45, 2.75) is 13.3 Å². The topological polar surface area (TPSA) is 76.7 Å². The van der Waals surface area contributed by atoms with Crippen LogP contribution in [0.5, 0.6) is 5.75 Å². The molecule has 0 saturated heterocycles. The number of carbonyl (C=O) groups is 1. The van der Waals surface area contributed by atoms with Crippen LogP contribution in [-0.4, -0.2) is 17.7 Å². The van der Waals surface area contributed by atoms with Crippen LogP contribution in [0.15, 0.2) is 33.5 Å². The molecule has 1 heterocycles. The third-order valence-electron chi connectivity index (χ3n) is 2.38. The van der Waals surface area contributed by atoms with E-state index in [0.29, 0.717) is 17.7 Å². The molecule has 5 heteroatoms. The monoisotopic (exact) mass is 248 g/mol. The first-order chi connectivity index (χ1) is 8.61. The summed E-state index contributed by atoms with van der Waals surface area (Å²) in [6.07, 6.45) is 0.858. The van der Waals surface area contributed by atoms with Gasteiger partial charge < -0.3 is 14.3 Å². The molecular formula is C13H12O5. The highest BCUT2D eigenvalue weighted by Crippen LogP contribution is 2.19. The summed E-state index contributed by atoms with van der Waals surface area (Å²) >= 11 is 0. The molecule has 0 amide bonds. The molecule has 1 aromatic heterocycles. The molecule has 0 radical (unpaired) electrons. The van der Waals surface area contributed by atoms with Gasteiger partial charge in [0.1, 0.15) is 11.3 Å². The lowest BCUT2D eigenvalue weighted by molar-refractivity contribution is 0.0663. The zero-order valence-electron chi connectivity index (χ0n) is 9.80. The molecule has 0 bridgehead atoms. The number of carboxylic acid groups (broad SMARTS) is 1. The number of hydrogen-bond donors (Lipinski definition) is 1. The van der Waals surface area contributed by atoms with Crippen molar-refractivity contribution < 1.29 is 19.1 Å². The molecule has 1 aromatic carbocycles. The van der Waals surface area contributed by atoms with Crippen LogP contribution in [0.3, 0.4) is 0 Å². The first kappa shape index (κ1) is 12.2. The summed E-state index contributed by atoms with van der Waals surface area (Å²) in [4.78, 5) is 22.5. The van der Waals surface area contributed by atoms with E-state index in [-0.39, 0.29) is 16.8 Å². The van der Waals surface area contributed by atoms with Crippen LogP contribution in [0, 0.1) is 0 Å². The Morgan fingerprint density at radius 1 is 1.39 bits per heavy atom. The van der Waals surface area contributed by atoms with Gasteiger partial charge in [0.05, 0.1) is 12.0 Å². The van der Waals surface area contributed by atoms with Gasteiger partial charge in [0.15, 0.2) is 5.43 Å². The van der Waals surface area contributed by atoms with Crippen LogP contribution in [0.4, 0.5) is 0 Å². The second-order valence-corrected chi connectivity index (χ2v) is 3.79. The summed E-state index contributed by atoms with van der Waals surface area (Å²) in [6.45, 7) is 2.53. The van der Waals surface area contributed by atoms with Crippen molar-refractivity contribution in [3.8, 4) is 5.75 Å². The van der Waals surface area contributed by atoms with E-state index in [9.17, 15) is 9.59 Å². The minimum absolute atomic E-state index is 0.216. The van der Waals surface area contributed by atoms with Crippen molar-refractivity contribution >= 4 is 16.9 Å². The predicted molar refractivity (Wildman–Crippen MR) is 65.2 cm³/mol. The van der Waals surface area contributed by atoms with Gasteiger partial charge in [0.25, 0.3) is 0 Å². The van der Waals surface area contributed by atoms with E-state index in [4.69, 9.17) is 14.3 Å². The van der Waals surface area contributed by atoms with Gasteiger partial charge >= 0.3 is 5.97 Å². The molecule has 0 fully saturated rings. The smallest absolute Gasteiger partial charge is 0.371 e. The SMILES string of the molecule is CCCOc1ccc2c(=O)cc(C(=O)O)oc2c1. The summed E-state index contributed by atoms with van der Waals surface area (Å²) in [7, 11) is 0. The van der Waals surface area contributed by atoms with Gasteiger partial charge in [-0.25, -0.2) is 4.79 Å². The van der Waals surface area contributed by atoms with Crippen molar-refractivity contribution in [2.24, 2.45) is 0 Å². The summed E-state index contributed by atoms with van der Waals surface area (Å²) in [6, 6.07) is 5.73. The van der Waals surface area contributed by atoms with E-state index in [0.717, 1.165) is 12.5 Å². The fourth-order valence-electron chi connectivity index (χ4n) is 1.55. The highest BCUT2D eigenvalue weighted by Gasteiger charge is 2.11. The second kappa shape index (κ2) is 4.91. The number of ether oxygens (including phenoxy) is 1. The molecular weight excluding hydrogens is 236 g/mol. The summed E-state index contributed by atoms with van der Waals surface area (Å²) < 4.78 is 10.5.